The SMILES string of the molecule is Br.COc1cc2c(c(F)c1OC)C(=N)N(CC(=O)c1cccc(C(C)(C)C)c1)C2. The van der Waals surface area contributed by atoms with E-state index in [0.29, 0.717) is 11.1 Å². The minimum absolute atomic E-state index is 0. The number of nitrogens with one attached hydrogen (secondary N) is 1. The minimum atomic E-state index is -0.633. The standard InChI is InChI=1S/C22H25FN2O3.BrH/c1-22(2,3)15-8-6-7-13(9-15)16(26)12-25-11-14-10-17(27-4)20(28-5)19(23)18(14)21(25)24;/h6-10,24H,11-12H2,1-5H3;1H. The Morgan fingerprint density at radius 2 is 1.90 bits per heavy atom. The van der Waals surface area contributed by atoms with Crippen molar-refractivity contribution >= 4 is 28.6 Å². The molecule has 0 radical (unpaired) electrons. The number of rotatable bonds is 5. The Morgan fingerprint density at radius 1 is 1.21 bits per heavy atom. The fourth-order valence-electron chi connectivity index (χ4n) is 3.38. The van der Waals surface area contributed by atoms with Crippen LogP contribution in [0.15, 0.2) is 30.3 Å². The lowest BCUT2D eigenvalue weighted by Gasteiger charge is -2.21. The molecule has 5 nitrogen and oxygen atoms in total. The van der Waals surface area contributed by atoms with Gasteiger partial charge in [0.1, 0.15) is 5.84 Å². The molecule has 0 bridgehead atoms. The summed E-state index contributed by atoms with van der Waals surface area (Å²) in [5.41, 5.74) is 2.36. The van der Waals surface area contributed by atoms with Crippen molar-refractivity contribution in [3.8, 4) is 11.5 Å². The van der Waals surface area contributed by atoms with Crippen LogP contribution in [-0.2, 0) is 12.0 Å². The van der Waals surface area contributed by atoms with E-state index in [0.717, 1.165) is 5.56 Å². The first-order valence-electron chi connectivity index (χ1n) is 9.08. The van der Waals surface area contributed by atoms with Crippen LogP contribution in [0.3, 0.4) is 0 Å². The molecule has 2 aromatic carbocycles. The highest BCUT2D eigenvalue weighted by Gasteiger charge is 2.32. The van der Waals surface area contributed by atoms with Gasteiger partial charge in [0.05, 0.1) is 26.3 Å². The Kier molecular flexibility index (Phi) is 6.73. The van der Waals surface area contributed by atoms with Crippen molar-refractivity contribution in [2.24, 2.45) is 0 Å². The van der Waals surface area contributed by atoms with Crippen molar-refractivity contribution in [1.82, 2.24) is 4.90 Å². The maximum atomic E-state index is 14.8. The van der Waals surface area contributed by atoms with Crippen molar-refractivity contribution in [3.63, 3.8) is 0 Å². The largest absolute Gasteiger partial charge is 0.493 e. The van der Waals surface area contributed by atoms with Crippen molar-refractivity contribution in [1.29, 1.82) is 5.41 Å². The van der Waals surface area contributed by atoms with Gasteiger partial charge in [0.15, 0.2) is 23.1 Å². The Morgan fingerprint density at radius 3 is 2.48 bits per heavy atom. The van der Waals surface area contributed by atoms with E-state index in [-0.39, 0.29) is 64.2 Å². The number of benzene rings is 2. The van der Waals surface area contributed by atoms with Crippen LogP contribution in [-0.4, -0.2) is 37.3 Å². The van der Waals surface area contributed by atoms with Crippen LogP contribution in [0.2, 0.25) is 0 Å². The van der Waals surface area contributed by atoms with Gasteiger partial charge >= 0.3 is 0 Å². The normalized spacial score (nSPS) is 13.0. The topological polar surface area (TPSA) is 62.6 Å². The number of nitrogens with zero attached hydrogens (tertiary/aromatic N) is 1. The van der Waals surface area contributed by atoms with Crippen molar-refractivity contribution in [3.05, 3.63) is 58.4 Å². The average molecular weight is 465 g/mol. The molecule has 0 aliphatic carbocycles. The van der Waals surface area contributed by atoms with Gasteiger partial charge < -0.3 is 14.4 Å². The highest BCUT2D eigenvalue weighted by Crippen LogP contribution is 2.38. The zero-order chi connectivity index (χ0) is 20.6. The second-order valence-corrected chi connectivity index (χ2v) is 7.92. The van der Waals surface area contributed by atoms with E-state index in [1.807, 2.05) is 18.2 Å². The van der Waals surface area contributed by atoms with E-state index < -0.39 is 5.82 Å². The van der Waals surface area contributed by atoms with E-state index in [1.54, 1.807) is 17.0 Å². The second-order valence-electron chi connectivity index (χ2n) is 7.92. The lowest BCUT2D eigenvalue weighted by molar-refractivity contribution is 0.0962. The van der Waals surface area contributed by atoms with Gasteiger partial charge in [0, 0.05) is 12.1 Å². The number of ether oxygens (including phenoxy) is 2. The molecule has 1 heterocycles. The zero-order valence-corrected chi connectivity index (χ0v) is 19.0. The molecule has 0 saturated carbocycles. The van der Waals surface area contributed by atoms with Gasteiger partial charge in [0.25, 0.3) is 0 Å². The van der Waals surface area contributed by atoms with Gasteiger partial charge in [-0.15, -0.1) is 17.0 Å². The van der Waals surface area contributed by atoms with Crippen LogP contribution in [0, 0.1) is 11.2 Å². The van der Waals surface area contributed by atoms with Crippen LogP contribution >= 0.6 is 17.0 Å². The quantitative estimate of drug-likeness (QED) is 0.648. The Hall–Kier alpha value is -2.41. The molecule has 1 aliphatic rings. The molecular weight excluding hydrogens is 439 g/mol. The molecule has 0 saturated heterocycles. The monoisotopic (exact) mass is 464 g/mol. The van der Waals surface area contributed by atoms with Gasteiger partial charge in [-0.25, -0.2) is 4.39 Å². The van der Waals surface area contributed by atoms with E-state index in [4.69, 9.17) is 14.9 Å². The molecule has 0 spiro atoms. The summed E-state index contributed by atoms with van der Waals surface area (Å²) in [5, 5.41) is 8.36. The van der Waals surface area contributed by atoms with Crippen molar-refractivity contribution < 1.29 is 18.7 Å². The maximum Gasteiger partial charge on any atom is 0.197 e. The molecular formula is C22H26BrFN2O3. The van der Waals surface area contributed by atoms with Gasteiger partial charge in [-0.2, -0.15) is 0 Å². The zero-order valence-electron chi connectivity index (χ0n) is 17.3. The van der Waals surface area contributed by atoms with Crippen LogP contribution in [0.1, 0.15) is 47.8 Å². The van der Waals surface area contributed by atoms with Gasteiger partial charge in [0.2, 0.25) is 0 Å². The van der Waals surface area contributed by atoms with Crippen molar-refractivity contribution in [2.75, 3.05) is 20.8 Å². The summed E-state index contributed by atoms with van der Waals surface area (Å²) >= 11 is 0. The number of ketones is 1. The highest BCUT2D eigenvalue weighted by molar-refractivity contribution is 8.93. The molecule has 0 amide bonds. The lowest BCUT2D eigenvalue weighted by Crippen LogP contribution is -2.30. The van der Waals surface area contributed by atoms with Gasteiger partial charge in [-0.3, -0.25) is 10.2 Å². The van der Waals surface area contributed by atoms with Gasteiger partial charge in [-0.05, 0) is 28.7 Å². The van der Waals surface area contributed by atoms with Gasteiger partial charge in [-0.1, -0.05) is 39.0 Å². The lowest BCUT2D eigenvalue weighted by atomic mass is 9.86. The highest BCUT2D eigenvalue weighted by atomic mass is 79.9. The number of methoxy groups -OCH3 is 2. The Labute approximate surface area is 181 Å². The minimum Gasteiger partial charge on any atom is -0.493 e. The molecule has 0 aromatic heterocycles. The third kappa shape index (κ3) is 4.29. The molecule has 0 fully saturated rings. The molecule has 1 aliphatic heterocycles. The summed E-state index contributed by atoms with van der Waals surface area (Å²) in [7, 11) is 2.79. The number of amidine groups is 1. The summed E-state index contributed by atoms with van der Waals surface area (Å²) in [6.07, 6.45) is 0. The van der Waals surface area contributed by atoms with Crippen LogP contribution < -0.4 is 9.47 Å². The fraction of sp³-hybridized carbons (Fsp3) is 0.364. The van der Waals surface area contributed by atoms with E-state index in [2.05, 4.69) is 20.8 Å². The first-order chi connectivity index (χ1) is 13.2. The number of Topliss-reactive ketones (excluding diaryl/α,β-unsaturated/α-hetero) is 1. The van der Waals surface area contributed by atoms with E-state index in [1.165, 1.54) is 14.2 Å². The summed E-state index contributed by atoms with van der Waals surface area (Å²) < 4.78 is 25.1. The number of hydrogen-bond donors (Lipinski definition) is 1. The number of hydrogen-bond acceptors (Lipinski definition) is 4. The smallest absolute Gasteiger partial charge is 0.197 e. The molecule has 7 heteroatoms. The summed E-state index contributed by atoms with van der Waals surface area (Å²) in [6.45, 7) is 6.55. The molecule has 3 rings (SSSR count). The van der Waals surface area contributed by atoms with Crippen LogP contribution in [0.25, 0.3) is 0 Å². The van der Waals surface area contributed by atoms with Crippen molar-refractivity contribution in [2.45, 2.75) is 32.7 Å². The molecule has 156 valence electrons. The number of fused-ring (bicyclic) bond motifs is 1. The third-order valence-corrected chi connectivity index (χ3v) is 4.99. The number of halogens is 2. The van der Waals surface area contributed by atoms with Crippen LogP contribution in [0.5, 0.6) is 11.5 Å². The molecule has 1 N–H and O–H groups in total. The summed E-state index contributed by atoms with van der Waals surface area (Å²) in [4.78, 5) is 14.4. The molecule has 0 atom stereocenters. The third-order valence-electron chi connectivity index (χ3n) is 4.99. The number of carbonyl (C=O) groups excluding carboxylic acids is 1. The van der Waals surface area contributed by atoms with E-state index in [9.17, 15) is 9.18 Å². The fourth-order valence-corrected chi connectivity index (χ4v) is 3.38. The number of carbonyl (C=O) groups is 1. The summed E-state index contributed by atoms with van der Waals surface area (Å²) in [5.74, 6) is -0.516. The predicted octanol–water partition coefficient (Wildman–Crippen LogP) is 4.74. The molecule has 29 heavy (non-hydrogen) atoms. The molecule has 2 aromatic rings. The second kappa shape index (κ2) is 8.53. The average Bonchev–Trinajstić information content (AvgIpc) is 2.96. The first-order valence-corrected chi connectivity index (χ1v) is 9.08. The van der Waals surface area contributed by atoms with Crippen LogP contribution in [0.4, 0.5) is 4.39 Å². The Bertz CT molecular complexity index is 954. The predicted molar refractivity (Wildman–Crippen MR) is 117 cm³/mol. The molecule has 0 unspecified atom stereocenters. The summed E-state index contributed by atoms with van der Waals surface area (Å²) in [6, 6.07) is 9.20. The van der Waals surface area contributed by atoms with E-state index >= 15 is 0 Å². The Balaban J connectivity index is 0.00000300. The maximum absolute atomic E-state index is 14.8. The first kappa shape index (κ1) is 22.9.